The first-order valence-electron chi connectivity index (χ1n) is 13.8. The monoisotopic (exact) mass is 640 g/mol. The van der Waals surface area contributed by atoms with Gasteiger partial charge in [0, 0.05) is 6.08 Å². The fourth-order valence-electron chi connectivity index (χ4n) is 5.10. The molecule has 0 unspecified atom stereocenters. The maximum Gasteiger partial charge on any atom is 0.331 e. The highest BCUT2D eigenvalue weighted by atomic mass is 16.7. The van der Waals surface area contributed by atoms with E-state index in [9.17, 15) is 61.0 Å². The zero-order valence-electron chi connectivity index (χ0n) is 23.6. The maximum atomic E-state index is 12.9. The number of aryl methyl sites for hydroxylation is 1. The standard InChI is InChI=1S/C29H36O16/c30-11-19-22(37)23(38)24(39)27(42-19)45-26-25(44-21(36)6-3-13-1-4-15(32)17(34)9-13)20(12-31)43-28(40)29(26,41)8-7-14-2-5-16(33)18(35)10-14/h1-6,9-10,19-20,22-28,30-35,37-41H,7-8,11-12H2/b6-3+/t19-,20-,22-,23+,24-,25-,26+,27+,28-,29-/m1/s1. The van der Waals surface area contributed by atoms with E-state index in [0.717, 1.165) is 12.1 Å². The Morgan fingerprint density at radius 2 is 1.47 bits per heavy atom. The van der Waals surface area contributed by atoms with E-state index in [1.807, 2.05) is 0 Å². The molecular formula is C29H36O16. The van der Waals surface area contributed by atoms with Crippen molar-refractivity contribution in [3.05, 3.63) is 53.6 Å². The summed E-state index contributed by atoms with van der Waals surface area (Å²) in [6, 6.07) is 7.51. The lowest BCUT2D eigenvalue weighted by Gasteiger charge is -2.51. The summed E-state index contributed by atoms with van der Waals surface area (Å²) in [5, 5.41) is 112. The number of aliphatic hydroxyl groups is 7. The number of ether oxygens (including phenoxy) is 4. The van der Waals surface area contributed by atoms with E-state index < -0.39 is 110 Å². The Morgan fingerprint density at radius 3 is 2.09 bits per heavy atom. The molecule has 2 fully saturated rings. The van der Waals surface area contributed by atoms with Crippen LogP contribution in [0.4, 0.5) is 0 Å². The number of carbonyl (C=O) groups is 1. The summed E-state index contributed by atoms with van der Waals surface area (Å²) < 4.78 is 22.2. The molecule has 0 spiro atoms. The van der Waals surface area contributed by atoms with E-state index in [-0.39, 0.29) is 12.0 Å². The van der Waals surface area contributed by atoms with Crippen molar-refractivity contribution in [3.63, 3.8) is 0 Å². The molecule has 0 aromatic heterocycles. The van der Waals surface area contributed by atoms with Gasteiger partial charge in [-0.15, -0.1) is 0 Å². The second-order valence-corrected chi connectivity index (χ2v) is 10.8. The third-order valence-corrected chi connectivity index (χ3v) is 7.72. The minimum atomic E-state index is -2.50. The van der Waals surface area contributed by atoms with Crippen LogP contribution in [-0.4, -0.2) is 136 Å². The number of aliphatic hydroxyl groups excluding tert-OH is 6. The van der Waals surface area contributed by atoms with E-state index in [1.54, 1.807) is 0 Å². The highest BCUT2D eigenvalue weighted by molar-refractivity contribution is 5.87. The molecule has 0 saturated carbocycles. The van der Waals surface area contributed by atoms with Crippen molar-refractivity contribution in [2.24, 2.45) is 0 Å². The SMILES string of the molecule is O=C(/C=C/c1ccc(O)c(O)c1)O[C@@H]1[C@@H](CO)O[C@@H](O)[C@@](O)(CCc2ccc(O)c(O)c2)[C@H]1O[C@@H]1O[C@H](CO)[C@@H](O)[C@H](O)[C@H]1O. The van der Waals surface area contributed by atoms with Gasteiger partial charge in [0.05, 0.1) is 13.2 Å². The van der Waals surface area contributed by atoms with Gasteiger partial charge >= 0.3 is 5.97 Å². The molecular weight excluding hydrogens is 604 g/mol. The first-order valence-corrected chi connectivity index (χ1v) is 13.8. The van der Waals surface area contributed by atoms with Crippen LogP contribution in [0.5, 0.6) is 23.0 Å². The van der Waals surface area contributed by atoms with Gasteiger partial charge in [-0.05, 0) is 54.3 Å². The molecule has 16 nitrogen and oxygen atoms in total. The number of rotatable bonds is 10. The van der Waals surface area contributed by atoms with Crippen molar-refractivity contribution in [2.45, 2.75) is 73.8 Å². The van der Waals surface area contributed by atoms with Crippen molar-refractivity contribution in [3.8, 4) is 23.0 Å². The summed E-state index contributed by atoms with van der Waals surface area (Å²) in [5.41, 5.74) is -1.86. The maximum absolute atomic E-state index is 12.9. The van der Waals surface area contributed by atoms with Crippen molar-refractivity contribution >= 4 is 12.0 Å². The minimum absolute atomic E-state index is 0.103. The van der Waals surface area contributed by atoms with Crippen LogP contribution in [0, 0.1) is 0 Å². The largest absolute Gasteiger partial charge is 0.504 e. The van der Waals surface area contributed by atoms with Crippen LogP contribution in [0.1, 0.15) is 17.5 Å². The molecule has 2 heterocycles. The number of hydrogen-bond donors (Lipinski definition) is 11. The summed E-state index contributed by atoms with van der Waals surface area (Å²) in [6.07, 6.45) is -14.6. The zero-order valence-corrected chi connectivity index (χ0v) is 23.6. The molecule has 16 heteroatoms. The molecule has 0 radical (unpaired) electrons. The van der Waals surface area contributed by atoms with Gasteiger partial charge in [-0.1, -0.05) is 12.1 Å². The molecule has 2 saturated heterocycles. The predicted octanol–water partition coefficient (Wildman–Crippen LogP) is -2.31. The Kier molecular flexibility index (Phi) is 10.9. The van der Waals surface area contributed by atoms with E-state index in [4.69, 9.17) is 18.9 Å². The van der Waals surface area contributed by atoms with Gasteiger partial charge in [0.2, 0.25) is 0 Å². The number of phenols is 4. The van der Waals surface area contributed by atoms with E-state index >= 15 is 0 Å². The average molecular weight is 641 g/mol. The second kappa shape index (κ2) is 14.3. The molecule has 0 aliphatic carbocycles. The zero-order chi connectivity index (χ0) is 33.1. The van der Waals surface area contributed by atoms with Gasteiger partial charge in [0.15, 0.2) is 41.7 Å². The Balaban J connectivity index is 1.67. The number of aromatic hydroxyl groups is 4. The Bertz CT molecular complexity index is 1350. The van der Waals surface area contributed by atoms with Gasteiger partial charge < -0.3 is 75.1 Å². The van der Waals surface area contributed by atoms with E-state index in [0.29, 0.717) is 5.56 Å². The smallest absolute Gasteiger partial charge is 0.331 e. The van der Waals surface area contributed by atoms with Gasteiger partial charge in [0.25, 0.3) is 0 Å². The van der Waals surface area contributed by atoms with Gasteiger partial charge in [-0.3, -0.25) is 0 Å². The lowest BCUT2D eigenvalue weighted by Crippen LogP contribution is -2.70. The van der Waals surface area contributed by atoms with Crippen LogP contribution in [0.3, 0.4) is 0 Å². The average Bonchev–Trinajstić information content (AvgIpc) is 3.01. The summed E-state index contributed by atoms with van der Waals surface area (Å²) in [4.78, 5) is 12.9. The number of benzene rings is 2. The number of hydrogen-bond acceptors (Lipinski definition) is 16. The summed E-state index contributed by atoms with van der Waals surface area (Å²) in [5.74, 6) is -2.81. The summed E-state index contributed by atoms with van der Waals surface area (Å²) in [6.45, 7) is -1.69. The molecule has 11 N–H and O–H groups in total. The van der Waals surface area contributed by atoms with Gasteiger partial charge in [0.1, 0.15) is 42.2 Å². The van der Waals surface area contributed by atoms with Crippen molar-refractivity contribution in [1.29, 1.82) is 0 Å². The fraction of sp³-hybridized carbons (Fsp3) is 0.483. The number of carbonyl (C=O) groups excluding carboxylic acids is 1. The van der Waals surface area contributed by atoms with Crippen LogP contribution >= 0.6 is 0 Å². The normalized spacial score (nSPS) is 33.7. The van der Waals surface area contributed by atoms with Crippen LogP contribution in [-0.2, 0) is 30.2 Å². The Hall–Kier alpha value is -3.55. The Labute approximate surface area is 255 Å². The molecule has 0 amide bonds. The first-order chi connectivity index (χ1) is 21.3. The van der Waals surface area contributed by atoms with E-state index in [2.05, 4.69) is 0 Å². The molecule has 2 aliphatic rings. The van der Waals surface area contributed by atoms with E-state index in [1.165, 1.54) is 36.4 Å². The molecule has 2 aliphatic heterocycles. The third kappa shape index (κ3) is 7.47. The topological polar surface area (TPSA) is 277 Å². The highest BCUT2D eigenvalue weighted by Crippen LogP contribution is 2.39. The van der Waals surface area contributed by atoms with Crippen LogP contribution in [0.25, 0.3) is 6.08 Å². The van der Waals surface area contributed by atoms with Crippen LogP contribution in [0.2, 0.25) is 0 Å². The summed E-state index contributed by atoms with van der Waals surface area (Å²) in [7, 11) is 0. The fourth-order valence-corrected chi connectivity index (χ4v) is 5.10. The molecule has 2 aromatic rings. The first kappa shape index (κ1) is 34.3. The van der Waals surface area contributed by atoms with Gasteiger partial charge in [-0.25, -0.2) is 4.79 Å². The van der Waals surface area contributed by atoms with Gasteiger partial charge in [-0.2, -0.15) is 0 Å². The Morgan fingerprint density at radius 1 is 0.822 bits per heavy atom. The quantitative estimate of drug-likeness (QED) is 0.0739. The number of esters is 1. The van der Waals surface area contributed by atoms with Crippen molar-refractivity contribution in [1.82, 2.24) is 0 Å². The summed E-state index contributed by atoms with van der Waals surface area (Å²) >= 11 is 0. The van der Waals surface area contributed by atoms with Crippen molar-refractivity contribution < 1.29 is 79.9 Å². The lowest BCUT2D eigenvalue weighted by atomic mass is 9.81. The molecule has 0 bridgehead atoms. The number of phenolic OH excluding ortho intramolecular Hbond substituents is 4. The molecule has 248 valence electrons. The third-order valence-electron chi connectivity index (χ3n) is 7.72. The van der Waals surface area contributed by atoms with Crippen LogP contribution in [0.15, 0.2) is 42.5 Å². The molecule has 10 atom stereocenters. The predicted molar refractivity (Wildman–Crippen MR) is 148 cm³/mol. The minimum Gasteiger partial charge on any atom is -0.504 e. The molecule has 45 heavy (non-hydrogen) atoms. The second-order valence-electron chi connectivity index (χ2n) is 10.8. The molecule has 2 aromatic carbocycles. The van der Waals surface area contributed by atoms with Crippen LogP contribution < -0.4 is 0 Å². The highest BCUT2D eigenvalue weighted by Gasteiger charge is 2.59. The molecule has 4 rings (SSSR count). The van der Waals surface area contributed by atoms with Crippen molar-refractivity contribution in [2.75, 3.05) is 13.2 Å². The lowest BCUT2D eigenvalue weighted by molar-refractivity contribution is -0.380.